The number of amides is 1. The average Bonchev–Trinajstić information content (AvgIpc) is 2.77. The quantitative estimate of drug-likeness (QED) is 0.708. The summed E-state index contributed by atoms with van der Waals surface area (Å²) < 4.78 is 0. The summed E-state index contributed by atoms with van der Waals surface area (Å²) in [7, 11) is 0. The molecule has 92 valence electrons. The number of nitrogens with zero attached hydrogens (tertiary/aromatic N) is 1. The van der Waals surface area contributed by atoms with Crippen molar-refractivity contribution in [1.82, 2.24) is 10.2 Å². The minimum absolute atomic E-state index is 0.207. The number of hydrogen-bond acceptors (Lipinski definition) is 3. The fourth-order valence-corrected chi connectivity index (χ4v) is 2.79. The zero-order valence-electron chi connectivity index (χ0n) is 10.0. The molecule has 2 fully saturated rings. The Hall–Kier alpha value is -0.610. The van der Waals surface area contributed by atoms with Gasteiger partial charge in [0.1, 0.15) is 0 Å². The van der Waals surface area contributed by atoms with Crippen LogP contribution in [-0.4, -0.2) is 48.7 Å². The van der Waals surface area contributed by atoms with E-state index in [4.69, 9.17) is 5.11 Å². The Morgan fingerprint density at radius 3 is 3.00 bits per heavy atom. The van der Waals surface area contributed by atoms with E-state index in [1.54, 1.807) is 0 Å². The number of hydrogen-bond donors (Lipinski definition) is 2. The summed E-state index contributed by atoms with van der Waals surface area (Å²) in [4.78, 5) is 14.3. The fraction of sp³-hybridized carbons (Fsp3) is 0.917. The van der Waals surface area contributed by atoms with Crippen molar-refractivity contribution < 1.29 is 9.90 Å². The van der Waals surface area contributed by atoms with Crippen LogP contribution < -0.4 is 5.32 Å². The van der Waals surface area contributed by atoms with E-state index in [2.05, 4.69) is 12.2 Å². The number of piperidine rings is 1. The molecule has 0 spiro atoms. The highest BCUT2D eigenvalue weighted by Crippen LogP contribution is 2.30. The lowest BCUT2D eigenvalue weighted by molar-refractivity contribution is -0.141. The zero-order chi connectivity index (χ0) is 11.6. The summed E-state index contributed by atoms with van der Waals surface area (Å²) in [5.41, 5.74) is -0.220. The van der Waals surface area contributed by atoms with Crippen LogP contribution in [0, 0.1) is 11.3 Å². The molecule has 2 aliphatic rings. The highest BCUT2D eigenvalue weighted by molar-refractivity contribution is 5.83. The second-order valence-electron chi connectivity index (χ2n) is 5.43. The lowest BCUT2D eigenvalue weighted by Gasteiger charge is -2.36. The molecule has 2 N–H and O–H groups in total. The van der Waals surface area contributed by atoms with Gasteiger partial charge in [0, 0.05) is 32.2 Å². The maximum atomic E-state index is 12.4. The van der Waals surface area contributed by atoms with E-state index in [9.17, 15) is 4.79 Å². The number of aliphatic hydroxyl groups is 1. The molecule has 2 heterocycles. The zero-order valence-corrected chi connectivity index (χ0v) is 10.0. The molecular formula is C12H22N2O2. The maximum Gasteiger partial charge on any atom is 0.229 e. The van der Waals surface area contributed by atoms with E-state index in [0.29, 0.717) is 5.92 Å². The number of aliphatic hydroxyl groups excluding tert-OH is 1. The molecule has 4 heteroatoms. The second kappa shape index (κ2) is 4.72. The van der Waals surface area contributed by atoms with E-state index < -0.39 is 0 Å². The monoisotopic (exact) mass is 226 g/mol. The Labute approximate surface area is 97.0 Å². The van der Waals surface area contributed by atoms with Gasteiger partial charge in [0.25, 0.3) is 0 Å². The molecule has 2 rings (SSSR count). The minimum Gasteiger partial charge on any atom is -0.396 e. The highest BCUT2D eigenvalue weighted by Gasteiger charge is 2.39. The summed E-state index contributed by atoms with van der Waals surface area (Å²) in [5.74, 6) is 0.569. The Balaban J connectivity index is 1.96. The van der Waals surface area contributed by atoms with E-state index >= 15 is 0 Å². The first-order valence-electron chi connectivity index (χ1n) is 6.27. The van der Waals surface area contributed by atoms with Crippen molar-refractivity contribution in [3.8, 4) is 0 Å². The van der Waals surface area contributed by atoms with Crippen LogP contribution in [0.2, 0.25) is 0 Å². The molecule has 0 aromatic rings. The van der Waals surface area contributed by atoms with E-state index in [1.807, 2.05) is 4.90 Å². The van der Waals surface area contributed by atoms with E-state index in [1.165, 1.54) is 0 Å². The van der Waals surface area contributed by atoms with Crippen molar-refractivity contribution >= 4 is 5.91 Å². The largest absolute Gasteiger partial charge is 0.396 e. The topological polar surface area (TPSA) is 52.6 Å². The van der Waals surface area contributed by atoms with Gasteiger partial charge in [0.05, 0.1) is 5.41 Å². The standard InChI is InChI=1S/C12H22N2O2/c1-12(4-2-5-13-9-12)11(16)14-6-3-10(7-14)8-15/h10,13,15H,2-9H2,1H3. The van der Waals surface area contributed by atoms with Gasteiger partial charge in [-0.1, -0.05) is 0 Å². The fourth-order valence-electron chi connectivity index (χ4n) is 2.79. The number of carbonyl (C=O) groups excluding carboxylic acids is 1. The molecule has 1 amide bonds. The number of nitrogens with one attached hydrogen (secondary N) is 1. The van der Waals surface area contributed by atoms with Crippen LogP contribution in [0.4, 0.5) is 0 Å². The van der Waals surface area contributed by atoms with Gasteiger partial charge < -0.3 is 15.3 Å². The summed E-state index contributed by atoms with van der Waals surface area (Å²) in [5, 5.41) is 12.4. The van der Waals surface area contributed by atoms with Crippen LogP contribution >= 0.6 is 0 Å². The Kier molecular flexibility index (Phi) is 3.50. The van der Waals surface area contributed by atoms with Crippen molar-refractivity contribution in [3.05, 3.63) is 0 Å². The lowest BCUT2D eigenvalue weighted by atomic mass is 9.81. The van der Waals surface area contributed by atoms with Crippen molar-refractivity contribution in [2.24, 2.45) is 11.3 Å². The van der Waals surface area contributed by atoms with E-state index in [-0.39, 0.29) is 17.9 Å². The van der Waals surface area contributed by atoms with Crippen LogP contribution in [0.15, 0.2) is 0 Å². The molecule has 16 heavy (non-hydrogen) atoms. The molecule has 2 aliphatic heterocycles. The van der Waals surface area contributed by atoms with Gasteiger partial charge in [0.15, 0.2) is 0 Å². The minimum atomic E-state index is -0.220. The van der Waals surface area contributed by atoms with Gasteiger partial charge in [-0.2, -0.15) is 0 Å². The van der Waals surface area contributed by atoms with Gasteiger partial charge in [-0.25, -0.2) is 0 Å². The molecule has 2 unspecified atom stereocenters. The Morgan fingerprint density at radius 1 is 1.62 bits per heavy atom. The van der Waals surface area contributed by atoms with Crippen molar-refractivity contribution in [2.75, 3.05) is 32.8 Å². The van der Waals surface area contributed by atoms with Gasteiger partial charge in [-0.05, 0) is 32.7 Å². The van der Waals surface area contributed by atoms with Gasteiger partial charge in [-0.15, -0.1) is 0 Å². The van der Waals surface area contributed by atoms with Crippen molar-refractivity contribution in [2.45, 2.75) is 26.2 Å². The third-order valence-corrected chi connectivity index (χ3v) is 3.94. The summed E-state index contributed by atoms with van der Waals surface area (Å²) in [6, 6.07) is 0. The predicted octanol–water partition coefficient (Wildman–Crippen LogP) is 0.217. The first kappa shape index (κ1) is 11.9. The molecule has 2 atom stereocenters. The SMILES string of the molecule is CC1(C(=O)N2CCC(CO)C2)CCCNC1. The first-order valence-corrected chi connectivity index (χ1v) is 6.27. The van der Waals surface area contributed by atoms with Gasteiger partial charge in [-0.3, -0.25) is 4.79 Å². The van der Waals surface area contributed by atoms with Crippen LogP contribution in [0.5, 0.6) is 0 Å². The molecule has 0 radical (unpaired) electrons. The summed E-state index contributed by atoms with van der Waals surface area (Å²) >= 11 is 0. The highest BCUT2D eigenvalue weighted by atomic mass is 16.3. The summed E-state index contributed by atoms with van der Waals surface area (Å²) in [6.45, 7) is 5.66. The van der Waals surface area contributed by atoms with E-state index in [0.717, 1.165) is 45.4 Å². The molecule has 0 saturated carbocycles. The van der Waals surface area contributed by atoms with Crippen LogP contribution in [0.3, 0.4) is 0 Å². The van der Waals surface area contributed by atoms with Crippen LogP contribution in [0.25, 0.3) is 0 Å². The normalized spacial score (nSPS) is 35.4. The number of likely N-dealkylation sites (tertiary alicyclic amines) is 1. The number of rotatable bonds is 2. The molecule has 4 nitrogen and oxygen atoms in total. The van der Waals surface area contributed by atoms with Crippen molar-refractivity contribution in [1.29, 1.82) is 0 Å². The lowest BCUT2D eigenvalue weighted by Crippen LogP contribution is -2.49. The number of carbonyl (C=O) groups is 1. The average molecular weight is 226 g/mol. The third kappa shape index (κ3) is 2.23. The first-order chi connectivity index (χ1) is 7.65. The van der Waals surface area contributed by atoms with Gasteiger partial charge in [0.2, 0.25) is 5.91 Å². The Morgan fingerprint density at radius 2 is 2.44 bits per heavy atom. The molecule has 0 aromatic heterocycles. The third-order valence-electron chi connectivity index (χ3n) is 3.94. The molecular weight excluding hydrogens is 204 g/mol. The second-order valence-corrected chi connectivity index (χ2v) is 5.43. The molecule has 0 aliphatic carbocycles. The molecule has 2 saturated heterocycles. The van der Waals surface area contributed by atoms with Crippen LogP contribution in [-0.2, 0) is 4.79 Å². The van der Waals surface area contributed by atoms with Gasteiger partial charge >= 0.3 is 0 Å². The molecule has 0 bridgehead atoms. The predicted molar refractivity (Wildman–Crippen MR) is 62.0 cm³/mol. The Bertz CT molecular complexity index is 262. The molecule has 0 aromatic carbocycles. The summed E-state index contributed by atoms with van der Waals surface area (Å²) in [6.07, 6.45) is 3.02. The van der Waals surface area contributed by atoms with Crippen LogP contribution in [0.1, 0.15) is 26.2 Å². The maximum absolute atomic E-state index is 12.4. The smallest absolute Gasteiger partial charge is 0.229 e. The van der Waals surface area contributed by atoms with Crippen molar-refractivity contribution in [3.63, 3.8) is 0 Å².